The first kappa shape index (κ1) is 19.6. The minimum absolute atomic E-state index is 0.0279. The first-order valence-corrected chi connectivity index (χ1v) is 10.5. The second-order valence-electron chi connectivity index (χ2n) is 7.91. The Bertz CT molecular complexity index is 885. The number of fused-ring (bicyclic) bond motifs is 1. The van der Waals surface area contributed by atoms with Crippen molar-refractivity contribution >= 4 is 17.6 Å². The molecule has 0 radical (unpaired) electrons. The summed E-state index contributed by atoms with van der Waals surface area (Å²) in [6.45, 7) is 6.35. The molecule has 29 heavy (non-hydrogen) atoms. The molecule has 1 aromatic heterocycles. The number of benzene rings is 1. The van der Waals surface area contributed by atoms with E-state index in [1.54, 1.807) is 4.90 Å². The molecule has 2 amide bonds. The lowest BCUT2D eigenvalue weighted by molar-refractivity contribution is -0.124. The van der Waals surface area contributed by atoms with E-state index < -0.39 is 0 Å². The van der Waals surface area contributed by atoms with Crippen LogP contribution in [0, 0.1) is 6.92 Å². The van der Waals surface area contributed by atoms with Crippen molar-refractivity contribution in [3.63, 3.8) is 0 Å². The fraction of sp³-hybridized carbons (Fsp3) is 0.500. The lowest BCUT2D eigenvalue weighted by atomic mass is 10.1. The van der Waals surface area contributed by atoms with E-state index in [4.69, 9.17) is 0 Å². The smallest absolute Gasteiger partial charge is 0.240 e. The van der Waals surface area contributed by atoms with Crippen molar-refractivity contribution in [2.45, 2.75) is 39.2 Å². The average Bonchev–Trinajstić information content (AvgIpc) is 3.16. The molecule has 0 unspecified atom stereocenters. The van der Waals surface area contributed by atoms with Gasteiger partial charge in [0.05, 0.1) is 12.2 Å². The molecular formula is C22H29N5O2. The van der Waals surface area contributed by atoms with Gasteiger partial charge in [0.25, 0.3) is 0 Å². The first-order valence-electron chi connectivity index (χ1n) is 10.5. The Hall–Kier alpha value is -2.67. The molecule has 154 valence electrons. The van der Waals surface area contributed by atoms with Crippen molar-refractivity contribution in [1.82, 2.24) is 20.0 Å². The third kappa shape index (κ3) is 4.50. The van der Waals surface area contributed by atoms with Crippen LogP contribution < -0.4 is 10.2 Å². The van der Waals surface area contributed by atoms with E-state index in [1.165, 1.54) is 19.3 Å². The normalized spacial score (nSPS) is 17.3. The average molecular weight is 396 g/mol. The number of carbonyl (C=O) groups is 2. The van der Waals surface area contributed by atoms with Crippen LogP contribution in [0.25, 0.3) is 11.3 Å². The SMILES string of the molecule is Cc1ccccc1-c1cc2n(n1)CCC(=O)N2CC(=O)NCCN1CCCCC1. The number of rotatable bonds is 6. The summed E-state index contributed by atoms with van der Waals surface area (Å²) in [5.74, 6) is 0.549. The van der Waals surface area contributed by atoms with Crippen LogP contribution in [0.4, 0.5) is 5.82 Å². The van der Waals surface area contributed by atoms with E-state index in [0.29, 0.717) is 25.3 Å². The zero-order valence-corrected chi connectivity index (χ0v) is 17.1. The standard InChI is InChI=1S/C22H29N5O2/c1-17-7-3-4-8-18(17)19-15-21-26(22(29)9-13-27(21)24-19)16-20(28)23-10-14-25-11-5-2-6-12-25/h3-4,7-8,15H,2,5-6,9-14,16H2,1H3,(H,23,28). The number of aromatic nitrogens is 2. The number of nitrogens with one attached hydrogen (secondary N) is 1. The predicted octanol–water partition coefficient (Wildman–Crippen LogP) is 2.20. The second-order valence-corrected chi connectivity index (χ2v) is 7.91. The molecule has 4 rings (SSSR count). The van der Waals surface area contributed by atoms with Gasteiger partial charge in [0.15, 0.2) is 0 Å². The van der Waals surface area contributed by atoms with Crippen molar-refractivity contribution in [3.8, 4) is 11.3 Å². The molecule has 0 saturated carbocycles. The molecule has 2 aliphatic heterocycles. The zero-order valence-electron chi connectivity index (χ0n) is 17.1. The van der Waals surface area contributed by atoms with Crippen LogP contribution in [0.5, 0.6) is 0 Å². The maximum Gasteiger partial charge on any atom is 0.240 e. The highest BCUT2D eigenvalue weighted by Crippen LogP contribution is 2.29. The van der Waals surface area contributed by atoms with Gasteiger partial charge in [-0.15, -0.1) is 0 Å². The largest absolute Gasteiger partial charge is 0.353 e. The topological polar surface area (TPSA) is 70.5 Å². The fourth-order valence-corrected chi connectivity index (χ4v) is 4.15. The Morgan fingerprint density at radius 2 is 1.93 bits per heavy atom. The monoisotopic (exact) mass is 395 g/mol. The van der Waals surface area contributed by atoms with Gasteiger partial charge in [-0.1, -0.05) is 30.7 Å². The molecule has 0 atom stereocenters. The highest BCUT2D eigenvalue weighted by atomic mass is 16.2. The summed E-state index contributed by atoms with van der Waals surface area (Å²) in [5, 5.41) is 7.65. The van der Waals surface area contributed by atoms with Crippen molar-refractivity contribution in [2.75, 3.05) is 37.6 Å². The first-order chi connectivity index (χ1) is 14.1. The number of aryl methyl sites for hydroxylation is 2. The lowest BCUT2D eigenvalue weighted by Crippen LogP contribution is -2.46. The molecule has 0 spiro atoms. The van der Waals surface area contributed by atoms with Gasteiger partial charge < -0.3 is 10.2 Å². The van der Waals surface area contributed by atoms with Gasteiger partial charge >= 0.3 is 0 Å². The molecule has 1 saturated heterocycles. The van der Waals surface area contributed by atoms with Crippen LogP contribution >= 0.6 is 0 Å². The Morgan fingerprint density at radius 3 is 2.72 bits per heavy atom. The number of amides is 2. The quantitative estimate of drug-likeness (QED) is 0.814. The van der Waals surface area contributed by atoms with Crippen molar-refractivity contribution < 1.29 is 9.59 Å². The van der Waals surface area contributed by atoms with E-state index in [1.807, 2.05) is 41.9 Å². The minimum atomic E-state index is -0.123. The summed E-state index contributed by atoms with van der Waals surface area (Å²) in [6, 6.07) is 9.98. The van der Waals surface area contributed by atoms with E-state index in [9.17, 15) is 9.59 Å². The fourth-order valence-electron chi connectivity index (χ4n) is 4.15. The van der Waals surface area contributed by atoms with E-state index in [2.05, 4.69) is 15.3 Å². The van der Waals surface area contributed by atoms with E-state index >= 15 is 0 Å². The molecule has 1 aromatic carbocycles. The van der Waals surface area contributed by atoms with Crippen LogP contribution in [0.15, 0.2) is 30.3 Å². The van der Waals surface area contributed by atoms with Crippen molar-refractivity contribution in [2.24, 2.45) is 0 Å². The minimum Gasteiger partial charge on any atom is -0.353 e. The van der Waals surface area contributed by atoms with E-state index in [-0.39, 0.29) is 18.4 Å². The van der Waals surface area contributed by atoms with Crippen LogP contribution in [0.3, 0.4) is 0 Å². The van der Waals surface area contributed by atoms with Crippen LogP contribution in [-0.2, 0) is 16.1 Å². The number of hydrogen-bond donors (Lipinski definition) is 1. The van der Waals surface area contributed by atoms with Crippen molar-refractivity contribution in [3.05, 3.63) is 35.9 Å². The summed E-state index contributed by atoms with van der Waals surface area (Å²) >= 11 is 0. The Labute approximate surface area is 171 Å². The van der Waals surface area contributed by atoms with Crippen LogP contribution in [0.2, 0.25) is 0 Å². The highest BCUT2D eigenvalue weighted by molar-refractivity contribution is 5.99. The lowest BCUT2D eigenvalue weighted by Gasteiger charge is -2.28. The summed E-state index contributed by atoms with van der Waals surface area (Å²) in [7, 11) is 0. The summed E-state index contributed by atoms with van der Waals surface area (Å²) in [4.78, 5) is 29.0. The maximum atomic E-state index is 12.5. The maximum absolute atomic E-state index is 12.5. The molecule has 0 bridgehead atoms. The summed E-state index contributed by atoms with van der Waals surface area (Å²) in [6.07, 6.45) is 4.15. The van der Waals surface area contributed by atoms with Crippen LogP contribution in [-0.4, -0.2) is 59.2 Å². The zero-order chi connectivity index (χ0) is 20.2. The number of anilines is 1. The summed E-state index contributed by atoms with van der Waals surface area (Å²) in [5.41, 5.74) is 3.02. The molecule has 7 nitrogen and oxygen atoms in total. The van der Waals surface area contributed by atoms with Gasteiger partial charge in [-0.25, -0.2) is 4.68 Å². The molecule has 3 heterocycles. The summed E-state index contributed by atoms with van der Waals surface area (Å²) < 4.78 is 1.84. The van der Waals surface area contributed by atoms with Gasteiger partial charge in [-0.3, -0.25) is 14.5 Å². The Kier molecular flexibility index (Phi) is 5.94. The van der Waals surface area contributed by atoms with Gasteiger partial charge in [0.1, 0.15) is 12.4 Å². The molecule has 2 aliphatic rings. The van der Waals surface area contributed by atoms with Gasteiger partial charge in [-0.2, -0.15) is 5.10 Å². The third-order valence-corrected chi connectivity index (χ3v) is 5.80. The number of nitrogens with zero attached hydrogens (tertiary/aromatic N) is 4. The van der Waals surface area contributed by atoms with Gasteiger partial charge in [0.2, 0.25) is 11.8 Å². The molecule has 1 fully saturated rings. The van der Waals surface area contributed by atoms with Gasteiger partial charge in [-0.05, 0) is 38.4 Å². The van der Waals surface area contributed by atoms with Crippen molar-refractivity contribution in [1.29, 1.82) is 0 Å². The molecule has 2 aromatic rings. The molecule has 1 N–H and O–H groups in total. The molecule has 0 aliphatic carbocycles. The Morgan fingerprint density at radius 1 is 1.14 bits per heavy atom. The number of likely N-dealkylation sites (tertiary alicyclic amines) is 1. The highest BCUT2D eigenvalue weighted by Gasteiger charge is 2.28. The van der Waals surface area contributed by atoms with Gasteiger partial charge in [0, 0.05) is 31.1 Å². The number of piperidine rings is 1. The second kappa shape index (κ2) is 8.78. The number of hydrogen-bond acceptors (Lipinski definition) is 4. The Balaban J connectivity index is 1.41. The predicted molar refractivity (Wildman–Crippen MR) is 113 cm³/mol. The molecular weight excluding hydrogens is 366 g/mol. The van der Waals surface area contributed by atoms with Crippen LogP contribution in [0.1, 0.15) is 31.2 Å². The number of carbonyl (C=O) groups excluding carboxylic acids is 2. The molecule has 7 heteroatoms. The van der Waals surface area contributed by atoms with E-state index in [0.717, 1.165) is 36.5 Å². The third-order valence-electron chi connectivity index (χ3n) is 5.80.